The number of carbonyl (C=O) groups is 3. The predicted octanol–water partition coefficient (Wildman–Crippen LogP) is 9.65. The van der Waals surface area contributed by atoms with E-state index in [-0.39, 0.29) is 36.9 Å². The summed E-state index contributed by atoms with van der Waals surface area (Å²) < 4.78 is 69.6. The van der Waals surface area contributed by atoms with Crippen LogP contribution in [0.2, 0.25) is 5.04 Å². The van der Waals surface area contributed by atoms with E-state index >= 15 is 0 Å². The van der Waals surface area contributed by atoms with Gasteiger partial charge in [-0.2, -0.15) is 17.5 Å². The topological polar surface area (TPSA) is 170 Å². The average molecular weight is 1040 g/mol. The molecular formula is C54H66F3N7O7SSi. The van der Waals surface area contributed by atoms with Crippen LogP contribution in [-0.2, 0) is 42.9 Å². The van der Waals surface area contributed by atoms with Crippen LogP contribution in [0.4, 0.5) is 18.0 Å². The van der Waals surface area contributed by atoms with E-state index in [1.54, 1.807) is 51.2 Å². The van der Waals surface area contributed by atoms with E-state index < -0.39 is 68.2 Å². The van der Waals surface area contributed by atoms with Gasteiger partial charge in [0.1, 0.15) is 35.1 Å². The van der Waals surface area contributed by atoms with Crippen LogP contribution in [0.15, 0.2) is 97.2 Å². The molecular weight excluding hydrogens is 976 g/mol. The number of amides is 2. The van der Waals surface area contributed by atoms with Crippen LogP contribution in [-0.4, -0.2) is 99.4 Å². The van der Waals surface area contributed by atoms with Gasteiger partial charge in [0.15, 0.2) is 0 Å². The minimum absolute atomic E-state index is 0.176. The molecule has 0 bridgehead atoms. The fraction of sp³-hybridized carbons (Fsp3) is 0.444. The highest BCUT2D eigenvalue weighted by atomic mass is 32.1. The monoisotopic (exact) mass is 1040 g/mol. The molecule has 14 nitrogen and oxygen atoms in total. The summed E-state index contributed by atoms with van der Waals surface area (Å²) in [5.41, 5.74) is 4.11. The Morgan fingerprint density at radius 2 is 1.59 bits per heavy atom. The molecule has 2 amide bonds. The second-order valence-electron chi connectivity index (χ2n) is 21.4. The van der Waals surface area contributed by atoms with E-state index in [2.05, 4.69) is 79.0 Å². The zero-order valence-electron chi connectivity index (χ0n) is 43.1. The van der Waals surface area contributed by atoms with Crippen molar-refractivity contribution in [1.82, 2.24) is 34.7 Å². The smallest absolute Gasteiger partial charge is 0.408 e. The number of aromatic nitrogens is 4. The molecule has 6 aromatic rings. The fourth-order valence-electron chi connectivity index (χ4n) is 9.63. The SMILES string of the molecule is CO[C@@H](C)c1ncccc1-c1c(CC(C)(C)CO[Si](c2ccccc2)(c2ccccc2)C(C)(C)C)c2cc(-c3nc(C[C@H](NC(=O)OC(C)(C)C)C(=O)N4CCC[C@@H](C(=O)O)N4)ns3)ccc2n1CC(F)(F)F. The van der Waals surface area contributed by atoms with Crippen molar-refractivity contribution in [1.29, 1.82) is 0 Å². The lowest BCUT2D eigenvalue weighted by Gasteiger charge is -2.44. The van der Waals surface area contributed by atoms with Crippen LogP contribution in [0.3, 0.4) is 0 Å². The molecule has 1 fully saturated rings. The highest BCUT2D eigenvalue weighted by molar-refractivity contribution is 7.09. The minimum atomic E-state index is -4.61. The number of alkyl halides is 3. The maximum atomic E-state index is 15.0. The van der Waals surface area contributed by atoms with Gasteiger partial charge >= 0.3 is 18.2 Å². The van der Waals surface area contributed by atoms with Crippen LogP contribution in [0.1, 0.15) is 98.3 Å². The normalized spacial score (nSPS) is 15.8. The van der Waals surface area contributed by atoms with E-state index in [4.69, 9.17) is 18.9 Å². The summed E-state index contributed by atoms with van der Waals surface area (Å²) in [5, 5.41) is 16.4. The number of fused-ring (bicyclic) bond motifs is 1. The summed E-state index contributed by atoms with van der Waals surface area (Å²) in [5.74, 6) is -1.51. The summed E-state index contributed by atoms with van der Waals surface area (Å²) in [6.07, 6.45) is -3.58. The molecule has 1 saturated heterocycles. The van der Waals surface area contributed by atoms with Crippen LogP contribution in [0.25, 0.3) is 32.7 Å². The van der Waals surface area contributed by atoms with Gasteiger partial charge in [-0.25, -0.2) is 15.2 Å². The Hall–Kier alpha value is -5.99. The Morgan fingerprint density at radius 1 is 0.932 bits per heavy atom. The van der Waals surface area contributed by atoms with Gasteiger partial charge in [0.25, 0.3) is 14.2 Å². The van der Waals surface area contributed by atoms with E-state index in [0.717, 1.165) is 21.9 Å². The van der Waals surface area contributed by atoms with Gasteiger partial charge in [-0.15, -0.1) is 0 Å². The first-order valence-electron chi connectivity index (χ1n) is 24.4. The Kier molecular flexibility index (Phi) is 16.4. The number of alkyl carbamates (subject to hydrolysis) is 1. The maximum Gasteiger partial charge on any atom is 0.408 e. The molecule has 1 aliphatic heterocycles. The summed E-state index contributed by atoms with van der Waals surface area (Å²) in [4.78, 5) is 48.5. The zero-order valence-corrected chi connectivity index (χ0v) is 44.9. The van der Waals surface area contributed by atoms with Crippen molar-refractivity contribution in [3.05, 3.63) is 114 Å². The van der Waals surface area contributed by atoms with Crippen molar-refractivity contribution in [3.63, 3.8) is 0 Å². The van der Waals surface area contributed by atoms with E-state index in [1.165, 1.54) is 16.7 Å². The van der Waals surface area contributed by atoms with Crippen molar-refractivity contribution in [2.24, 2.45) is 5.41 Å². The van der Waals surface area contributed by atoms with Gasteiger partial charge in [0.2, 0.25) is 0 Å². The number of nitrogens with one attached hydrogen (secondary N) is 2. The molecule has 73 heavy (non-hydrogen) atoms. The molecule has 3 atom stereocenters. The highest BCUT2D eigenvalue weighted by Gasteiger charge is 2.51. The molecule has 19 heteroatoms. The van der Waals surface area contributed by atoms with Crippen molar-refractivity contribution in [3.8, 4) is 21.8 Å². The predicted molar refractivity (Wildman–Crippen MR) is 279 cm³/mol. The van der Waals surface area contributed by atoms with Crippen LogP contribution >= 0.6 is 11.5 Å². The largest absolute Gasteiger partial charge is 0.480 e. The molecule has 3 aromatic heterocycles. The van der Waals surface area contributed by atoms with Gasteiger partial charge in [-0.1, -0.05) is 95.3 Å². The number of hydrogen-bond donors (Lipinski definition) is 3. The number of hydrogen-bond acceptors (Lipinski definition) is 11. The number of halogens is 3. The molecule has 3 aromatic carbocycles. The third-order valence-corrected chi connectivity index (χ3v) is 18.7. The van der Waals surface area contributed by atoms with Crippen molar-refractivity contribution < 1.29 is 46.6 Å². The van der Waals surface area contributed by atoms with E-state index in [0.29, 0.717) is 56.8 Å². The molecule has 0 saturated carbocycles. The lowest BCUT2D eigenvalue weighted by atomic mass is 9.84. The number of ether oxygens (including phenoxy) is 2. The lowest BCUT2D eigenvalue weighted by Crippen LogP contribution is -2.67. The molecule has 7 rings (SSSR count). The molecule has 0 spiro atoms. The summed E-state index contributed by atoms with van der Waals surface area (Å²) in [6, 6.07) is 27.0. The lowest BCUT2D eigenvalue weighted by molar-refractivity contribution is -0.148. The maximum absolute atomic E-state index is 15.0. The van der Waals surface area contributed by atoms with Gasteiger partial charge in [0.05, 0.1) is 17.5 Å². The van der Waals surface area contributed by atoms with Crippen LogP contribution in [0.5, 0.6) is 0 Å². The number of nitrogens with zero attached hydrogens (tertiary/aromatic N) is 5. The standard InChI is InChI=1S/C54H66F3N7O7SSi/c1-34(69-10)45-38(23-17-27-58-45)46-40(31-53(8,9)33-70-73(52(5,6)7,36-19-13-11-14-20-36)37-21-15-12-16-22-37)39-29-35(25-26-43(39)63(46)32-54(55,56)57)47-60-44(62-72-47)30-42(59-50(68)71-51(2,3)4)48(65)64-28-18-24-41(61-64)49(66)67/h11-17,19-23,25-27,29,34,41-42,61H,18,24,28,30-33H2,1-10H3,(H,59,68)(H,66,67)/t34-,41-,42-/m0/s1. The Balaban J connectivity index is 1.34. The zero-order chi connectivity index (χ0) is 53.1. The van der Waals surface area contributed by atoms with Gasteiger partial charge < -0.3 is 28.9 Å². The minimum Gasteiger partial charge on any atom is -0.480 e. The fourth-order valence-corrected chi connectivity index (χ4v) is 15.1. The third kappa shape index (κ3) is 12.7. The average Bonchev–Trinajstić information content (AvgIpc) is 3.91. The van der Waals surface area contributed by atoms with Gasteiger partial charge in [-0.3, -0.25) is 19.6 Å². The molecule has 0 radical (unpaired) electrons. The second kappa shape index (κ2) is 21.8. The molecule has 3 N–H and O–H groups in total. The Labute approximate surface area is 429 Å². The summed E-state index contributed by atoms with van der Waals surface area (Å²) in [6.45, 7) is 16.8. The number of rotatable bonds is 17. The number of aliphatic carboxylic acids is 1. The molecule has 0 aliphatic carbocycles. The van der Waals surface area contributed by atoms with Crippen molar-refractivity contribution in [2.45, 2.75) is 130 Å². The first kappa shape index (κ1) is 54.8. The summed E-state index contributed by atoms with van der Waals surface area (Å²) >= 11 is 1.04. The Morgan fingerprint density at radius 3 is 2.18 bits per heavy atom. The first-order chi connectivity index (χ1) is 34.3. The third-order valence-electron chi connectivity index (χ3n) is 12.9. The Bertz CT molecular complexity index is 2860. The van der Waals surface area contributed by atoms with E-state index in [9.17, 15) is 32.7 Å². The summed E-state index contributed by atoms with van der Waals surface area (Å²) in [7, 11) is -1.51. The first-order valence-corrected chi connectivity index (χ1v) is 27.1. The number of methoxy groups -OCH3 is 1. The van der Waals surface area contributed by atoms with Crippen molar-refractivity contribution in [2.75, 3.05) is 20.3 Å². The number of pyridine rings is 1. The number of benzene rings is 3. The molecule has 4 heterocycles. The molecule has 0 unspecified atom stereocenters. The van der Waals surface area contributed by atoms with Crippen LogP contribution in [0, 0.1) is 5.41 Å². The van der Waals surface area contributed by atoms with Crippen molar-refractivity contribution >= 4 is 59.1 Å². The van der Waals surface area contributed by atoms with Gasteiger partial charge in [0, 0.05) is 54.9 Å². The quantitative estimate of drug-likeness (QED) is 0.0744. The molecule has 390 valence electrons. The number of carbonyl (C=O) groups excluding carboxylic acids is 2. The number of carboxylic acids is 1. The van der Waals surface area contributed by atoms with Crippen LogP contribution < -0.4 is 21.1 Å². The number of hydrazine groups is 1. The second-order valence-corrected chi connectivity index (χ2v) is 26.5. The number of carboxylic acid groups (broad SMARTS) is 1. The van der Waals surface area contributed by atoms with Gasteiger partial charge in [-0.05, 0) is 115 Å². The highest BCUT2D eigenvalue weighted by Crippen LogP contribution is 2.44. The molecule has 1 aliphatic rings. The van der Waals surface area contributed by atoms with E-state index in [1.807, 2.05) is 49.4 Å².